The highest BCUT2D eigenvalue weighted by atomic mass is 35.5. The first kappa shape index (κ1) is 18.9. The molecular weight excluding hydrogens is 389 g/mol. The Balaban J connectivity index is 1.89. The van der Waals surface area contributed by atoms with Gasteiger partial charge in [-0.2, -0.15) is 5.10 Å². The van der Waals surface area contributed by atoms with E-state index in [2.05, 4.69) is 15.5 Å². The Bertz CT molecular complexity index is 1050. The minimum absolute atomic E-state index is 0.0771. The highest BCUT2D eigenvalue weighted by Gasteiger charge is 2.14. The molecule has 0 spiro atoms. The quantitative estimate of drug-likeness (QED) is 0.362. The van der Waals surface area contributed by atoms with Gasteiger partial charge in [0.2, 0.25) is 5.82 Å². The van der Waals surface area contributed by atoms with Crippen molar-refractivity contribution in [2.24, 2.45) is 5.10 Å². The number of hydrogen-bond acceptors (Lipinski definition) is 5. The van der Waals surface area contributed by atoms with Gasteiger partial charge in [-0.15, -0.1) is 0 Å². The Hall–Kier alpha value is -2.90. The van der Waals surface area contributed by atoms with Crippen molar-refractivity contribution in [3.05, 3.63) is 79.7 Å². The zero-order valence-corrected chi connectivity index (χ0v) is 16.0. The summed E-state index contributed by atoms with van der Waals surface area (Å²) in [6.07, 6.45) is 3.04. The van der Waals surface area contributed by atoms with E-state index >= 15 is 0 Å². The molecule has 0 bridgehead atoms. The largest absolute Gasteiger partial charge is 0.316 e. The summed E-state index contributed by atoms with van der Waals surface area (Å²) in [5.74, 6) is 0.0771. The minimum Gasteiger partial charge on any atom is -0.316 e. The summed E-state index contributed by atoms with van der Waals surface area (Å²) in [6, 6.07) is 10.1. The Morgan fingerprint density at radius 3 is 2.74 bits per heavy atom. The van der Waals surface area contributed by atoms with E-state index in [1.807, 2.05) is 30.5 Å². The van der Waals surface area contributed by atoms with Crippen molar-refractivity contribution in [1.82, 2.24) is 9.55 Å². The monoisotopic (exact) mass is 403 g/mol. The van der Waals surface area contributed by atoms with Crippen LogP contribution in [0.4, 0.5) is 11.5 Å². The lowest BCUT2D eigenvalue weighted by atomic mass is 10.2. The fraction of sp³-hybridized carbons (Fsp3) is 0.111. The summed E-state index contributed by atoms with van der Waals surface area (Å²) in [4.78, 5) is 14.4. The maximum Gasteiger partial charge on any atom is 0.313 e. The molecule has 0 radical (unpaired) electrons. The van der Waals surface area contributed by atoms with E-state index in [9.17, 15) is 10.1 Å². The molecule has 27 heavy (non-hydrogen) atoms. The van der Waals surface area contributed by atoms with E-state index in [1.165, 1.54) is 18.3 Å². The molecule has 3 aromatic rings. The first-order valence-electron chi connectivity index (χ1n) is 7.91. The van der Waals surface area contributed by atoms with Gasteiger partial charge in [0.25, 0.3) is 0 Å². The molecule has 0 unspecified atom stereocenters. The van der Waals surface area contributed by atoms with Crippen molar-refractivity contribution in [2.45, 2.75) is 13.8 Å². The molecule has 1 N–H and O–H groups in total. The normalized spacial score (nSPS) is 11.1. The van der Waals surface area contributed by atoms with Crippen LogP contribution in [0, 0.1) is 24.0 Å². The fourth-order valence-electron chi connectivity index (χ4n) is 2.74. The number of nitro groups is 1. The van der Waals surface area contributed by atoms with E-state index in [0.29, 0.717) is 10.0 Å². The minimum atomic E-state index is -0.515. The SMILES string of the molecule is Cc1cc(/C=N\Nc2ncccc2[N+](=O)[O-])c(C)n1-c1ccc(Cl)cc1Cl. The van der Waals surface area contributed by atoms with Gasteiger partial charge in [-0.25, -0.2) is 4.98 Å². The third-order valence-electron chi connectivity index (χ3n) is 3.98. The second-order valence-corrected chi connectivity index (χ2v) is 6.60. The maximum atomic E-state index is 11.0. The van der Waals surface area contributed by atoms with Gasteiger partial charge < -0.3 is 4.57 Å². The molecule has 7 nitrogen and oxygen atoms in total. The van der Waals surface area contributed by atoms with Crippen LogP contribution in [0.25, 0.3) is 5.69 Å². The van der Waals surface area contributed by atoms with E-state index in [0.717, 1.165) is 22.6 Å². The summed E-state index contributed by atoms with van der Waals surface area (Å²) < 4.78 is 1.99. The average Bonchev–Trinajstić information content (AvgIpc) is 2.89. The third-order valence-corrected chi connectivity index (χ3v) is 4.52. The highest BCUT2D eigenvalue weighted by Crippen LogP contribution is 2.28. The molecule has 2 heterocycles. The van der Waals surface area contributed by atoms with Crippen LogP contribution < -0.4 is 5.43 Å². The van der Waals surface area contributed by atoms with Gasteiger partial charge in [0.15, 0.2) is 0 Å². The van der Waals surface area contributed by atoms with Gasteiger partial charge in [-0.3, -0.25) is 15.5 Å². The van der Waals surface area contributed by atoms with E-state index in [1.54, 1.807) is 18.3 Å². The van der Waals surface area contributed by atoms with E-state index in [-0.39, 0.29) is 11.5 Å². The van der Waals surface area contributed by atoms with Crippen molar-refractivity contribution in [3.63, 3.8) is 0 Å². The third kappa shape index (κ3) is 3.94. The highest BCUT2D eigenvalue weighted by molar-refractivity contribution is 6.35. The lowest BCUT2D eigenvalue weighted by Crippen LogP contribution is -2.01. The molecule has 0 aliphatic heterocycles. The topological polar surface area (TPSA) is 85.3 Å². The van der Waals surface area contributed by atoms with Crippen LogP contribution in [-0.4, -0.2) is 20.7 Å². The molecule has 2 aromatic heterocycles. The Morgan fingerprint density at radius 1 is 1.26 bits per heavy atom. The van der Waals surface area contributed by atoms with Gasteiger partial charge in [0, 0.05) is 34.2 Å². The molecule has 0 saturated heterocycles. The summed E-state index contributed by atoms with van der Waals surface area (Å²) in [7, 11) is 0. The smallest absolute Gasteiger partial charge is 0.313 e. The van der Waals surface area contributed by atoms with Crippen molar-refractivity contribution < 1.29 is 4.92 Å². The number of aromatic nitrogens is 2. The standard InChI is InChI=1S/C18H15Cl2N5O2/c1-11-8-13(10-22-23-18-17(25(26)27)4-3-7-21-18)12(2)24(11)16-6-5-14(19)9-15(16)20/h3-10H,1-2H3,(H,21,23)/b22-10-. The van der Waals surface area contributed by atoms with Crippen LogP contribution >= 0.6 is 23.2 Å². The Morgan fingerprint density at radius 2 is 2.04 bits per heavy atom. The first-order valence-corrected chi connectivity index (χ1v) is 8.67. The number of nitrogens with one attached hydrogen (secondary N) is 1. The number of benzene rings is 1. The summed E-state index contributed by atoms with van der Waals surface area (Å²) in [5, 5.41) is 16.2. The van der Waals surface area contributed by atoms with E-state index < -0.39 is 4.92 Å². The number of anilines is 1. The predicted molar refractivity (Wildman–Crippen MR) is 107 cm³/mol. The Labute approximate surface area is 165 Å². The van der Waals surface area contributed by atoms with Crippen molar-refractivity contribution in [1.29, 1.82) is 0 Å². The summed E-state index contributed by atoms with van der Waals surface area (Å²) in [5.41, 5.74) is 6.00. The maximum absolute atomic E-state index is 11.0. The first-order chi connectivity index (χ1) is 12.9. The molecule has 0 amide bonds. The van der Waals surface area contributed by atoms with Crippen molar-refractivity contribution in [2.75, 3.05) is 5.43 Å². The van der Waals surface area contributed by atoms with Crippen LogP contribution in [0.1, 0.15) is 17.0 Å². The number of hydrogen-bond donors (Lipinski definition) is 1. The van der Waals surface area contributed by atoms with Gasteiger partial charge in [-0.1, -0.05) is 23.2 Å². The van der Waals surface area contributed by atoms with Crippen molar-refractivity contribution >= 4 is 40.9 Å². The Kier molecular flexibility index (Phi) is 5.43. The van der Waals surface area contributed by atoms with Crippen LogP contribution in [-0.2, 0) is 0 Å². The number of nitrogens with zero attached hydrogens (tertiary/aromatic N) is 4. The van der Waals surface area contributed by atoms with Crippen LogP contribution in [0.5, 0.6) is 0 Å². The van der Waals surface area contributed by atoms with Gasteiger partial charge in [-0.05, 0) is 44.2 Å². The number of hydrazone groups is 1. The molecule has 0 aliphatic rings. The van der Waals surface area contributed by atoms with Gasteiger partial charge >= 0.3 is 5.69 Å². The average molecular weight is 404 g/mol. The molecule has 0 saturated carbocycles. The molecule has 0 fully saturated rings. The molecule has 3 rings (SSSR count). The molecule has 138 valence electrons. The number of aryl methyl sites for hydroxylation is 1. The van der Waals surface area contributed by atoms with E-state index in [4.69, 9.17) is 23.2 Å². The van der Waals surface area contributed by atoms with Gasteiger partial charge in [0.05, 0.1) is 21.8 Å². The summed E-state index contributed by atoms with van der Waals surface area (Å²) >= 11 is 12.3. The molecule has 0 aliphatic carbocycles. The predicted octanol–water partition coefficient (Wildman–Crippen LogP) is 5.15. The number of pyridine rings is 1. The van der Waals surface area contributed by atoms with Gasteiger partial charge in [0.1, 0.15) is 0 Å². The van der Waals surface area contributed by atoms with Crippen LogP contribution in [0.2, 0.25) is 10.0 Å². The molecule has 9 heteroatoms. The second-order valence-electron chi connectivity index (χ2n) is 5.76. The summed E-state index contributed by atoms with van der Waals surface area (Å²) in [6.45, 7) is 3.88. The molecule has 1 aromatic carbocycles. The van der Waals surface area contributed by atoms with Crippen molar-refractivity contribution in [3.8, 4) is 5.69 Å². The van der Waals surface area contributed by atoms with Crippen LogP contribution in [0.15, 0.2) is 47.7 Å². The molecular formula is C18H15Cl2N5O2. The number of rotatable bonds is 5. The zero-order valence-electron chi connectivity index (χ0n) is 14.5. The lowest BCUT2D eigenvalue weighted by Gasteiger charge is -2.11. The second kappa shape index (κ2) is 7.77. The fourth-order valence-corrected chi connectivity index (χ4v) is 3.24. The zero-order chi connectivity index (χ0) is 19.6. The lowest BCUT2D eigenvalue weighted by molar-refractivity contribution is -0.384. The molecule has 0 atom stereocenters. The number of halogens is 2. The van der Waals surface area contributed by atoms with Crippen LogP contribution in [0.3, 0.4) is 0 Å².